The Morgan fingerprint density at radius 2 is 1.93 bits per heavy atom. The molecule has 1 amide bonds. The molecule has 1 spiro atoms. The molecule has 2 saturated carbocycles. The van der Waals surface area contributed by atoms with Crippen LogP contribution >= 0.6 is 11.6 Å². The van der Waals surface area contributed by atoms with E-state index >= 15 is 0 Å². The van der Waals surface area contributed by atoms with Gasteiger partial charge in [-0.1, -0.05) is 29.8 Å². The molecule has 0 aromatic heterocycles. The molecule has 0 saturated heterocycles. The highest BCUT2D eigenvalue weighted by atomic mass is 35.5. The van der Waals surface area contributed by atoms with Crippen LogP contribution in [0.2, 0.25) is 5.02 Å². The van der Waals surface area contributed by atoms with E-state index in [1.807, 2.05) is 12.1 Å². The summed E-state index contributed by atoms with van der Waals surface area (Å²) in [6.45, 7) is 2.44. The molecule has 2 bridgehead atoms. The third-order valence-corrected chi connectivity index (χ3v) is 11.9. The maximum atomic E-state index is 13.6. The summed E-state index contributed by atoms with van der Waals surface area (Å²) in [5.74, 6) is 1.03. The van der Waals surface area contributed by atoms with Gasteiger partial charge in [0.1, 0.15) is 5.75 Å². The highest BCUT2D eigenvalue weighted by Crippen LogP contribution is 2.47. The molecule has 5 atom stereocenters. The molecular formula is C33H40ClN3O5S. The number of carbonyl (C=O) groups is 1. The lowest BCUT2D eigenvalue weighted by molar-refractivity contribution is -0.121. The van der Waals surface area contributed by atoms with Gasteiger partial charge in [-0.25, -0.2) is 13.1 Å². The topological polar surface area (TPSA) is 97.0 Å². The van der Waals surface area contributed by atoms with E-state index in [4.69, 9.17) is 21.1 Å². The second kappa shape index (κ2) is 11.4. The fourth-order valence-corrected chi connectivity index (χ4v) is 8.97. The lowest BCUT2D eigenvalue weighted by Gasteiger charge is -2.46. The number of sulfonamides is 1. The third-order valence-electron chi connectivity index (χ3n) is 10.3. The Balaban J connectivity index is 1.30. The number of methoxy groups -OCH3 is 1. The van der Waals surface area contributed by atoms with E-state index in [0.717, 1.165) is 62.2 Å². The lowest BCUT2D eigenvalue weighted by atomic mass is 9.68. The number of fused-ring (bicyclic) bond motifs is 4. The molecule has 2 N–H and O–H groups in total. The highest BCUT2D eigenvalue weighted by molar-refractivity contribution is 7.90. The second-order valence-electron chi connectivity index (χ2n) is 13.1. The number of hydrogen-bond donors (Lipinski definition) is 2. The zero-order valence-corrected chi connectivity index (χ0v) is 26.1. The summed E-state index contributed by atoms with van der Waals surface area (Å²) in [6.07, 6.45) is 11.1. The molecule has 10 heteroatoms. The summed E-state index contributed by atoms with van der Waals surface area (Å²) in [4.78, 5) is 15.7. The number of rotatable bonds is 2. The van der Waals surface area contributed by atoms with Crippen LogP contribution in [0.5, 0.6) is 5.75 Å². The Morgan fingerprint density at radius 1 is 1.09 bits per heavy atom. The number of anilines is 1. The Labute approximate surface area is 259 Å². The predicted molar refractivity (Wildman–Crippen MR) is 166 cm³/mol. The van der Waals surface area contributed by atoms with Crippen LogP contribution in [-0.2, 0) is 31.4 Å². The van der Waals surface area contributed by atoms with Crippen LogP contribution in [0, 0.1) is 17.8 Å². The Bertz CT molecular complexity index is 1540. The van der Waals surface area contributed by atoms with E-state index in [-0.39, 0.29) is 22.3 Å². The minimum atomic E-state index is -4.09. The van der Waals surface area contributed by atoms with Gasteiger partial charge in [-0.2, -0.15) is 0 Å². The van der Waals surface area contributed by atoms with Crippen LogP contribution < -0.4 is 19.7 Å². The molecule has 2 heterocycles. The average Bonchev–Trinajstić information content (AvgIpc) is 3.82. The fourth-order valence-electron chi connectivity index (χ4n) is 7.75. The van der Waals surface area contributed by atoms with Crippen LogP contribution in [0.4, 0.5) is 5.69 Å². The summed E-state index contributed by atoms with van der Waals surface area (Å²) in [7, 11) is -2.33. The van der Waals surface area contributed by atoms with Crippen molar-refractivity contribution < 1.29 is 22.7 Å². The molecule has 2 aromatic carbocycles. The molecule has 3 aliphatic carbocycles. The van der Waals surface area contributed by atoms with Crippen molar-refractivity contribution in [3.05, 3.63) is 64.7 Å². The molecule has 5 aliphatic rings. The van der Waals surface area contributed by atoms with Crippen molar-refractivity contribution >= 4 is 33.2 Å². The number of ether oxygens (including phenoxy) is 2. The van der Waals surface area contributed by atoms with Crippen LogP contribution in [-0.4, -0.2) is 59.8 Å². The van der Waals surface area contributed by atoms with Crippen molar-refractivity contribution in [1.82, 2.24) is 10.0 Å². The number of nitrogens with zero attached hydrogens (tertiary/aromatic N) is 1. The average molecular weight is 626 g/mol. The van der Waals surface area contributed by atoms with Gasteiger partial charge in [-0.05, 0) is 104 Å². The number of amides is 1. The minimum Gasteiger partial charge on any atom is -0.490 e. The number of benzene rings is 2. The zero-order valence-electron chi connectivity index (χ0n) is 24.6. The first-order valence-corrected chi connectivity index (χ1v) is 17.4. The molecular weight excluding hydrogens is 586 g/mol. The first-order chi connectivity index (χ1) is 20.8. The molecule has 0 unspecified atom stereocenters. The normalized spacial score (nSPS) is 32.8. The highest BCUT2D eigenvalue weighted by Gasteiger charge is 2.45. The maximum Gasteiger partial charge on any atom is 0.264 e. The number of halogens is 1. The Morgan fingerprint density at radius 3 is 2.70 bits per heavy atom. The van der Waals surface area contributed by atoms with Gasteiger partial charge < -0.3 is 19.7 Å². The molecule has 8 nitrogen and oxygen atoms in total. The van der Waals surface area contributed by atoms with Crippen LogP contribution in [0.1, 0.15) is 49.7 Å². The lowest BCUT2D eigenvalue weighted by Crippen LogP contribution is -2.50. The van der Waals surface area contributed by atoms with Gasteiger partial charge in [-0.3, -0.25) is 4.79 Å². The molecule has 2 fully saturated rings. The smallest absolute Gasteiger partial charge is 0.264 e. The van der Waals surface area contributed by atoms with Crippen molar-refractivity contribution in [2.45, 2.75) is 67.4 Å². The molecule has 2 aromatic rings. The van der Waals surface area contributed by atoms with Crippen LogP contribution in [0.3, 0.4) is 0 Å². The first-order valence-electron chi connectivity index (χ1n) is 15.6. The fraction of sp³-hybridized carbons (Fsp3) is 0.545. The SMILES string of the molecule is CO[C@@H]1/C=C\CN[C@@H](C2CC2)C(=O)NS(=O)(=O)c2ccc3c(c2)N(C[C@@H]2CC[C@H]21)C[C@@]1(CCCc2cc(Cl)ccc21)CO3. The van der Waals surface area contributed by atoms with Crippen molar-refractivity contribution in [3.63, 3.8) is 0 Å². The summed E-state index contributed by atoms with van der Waals surface area (Å²) >= 11 is 6.41. The van der Waals surface area contributed by atoms with E-state index in [0.29, 0.717) is 37.3 Å². The first kappa shape index (κ1) is 29.1. The summed E-state index contributed by atoms with van der Waals surface area (Å²) in [5.41, 5.74) is 3.03. The van der Waals surface area contributed by atoms with Crippen molar-refractivity contribution in [2.24, 2.45) is 17.8 Å². The van der Waals surface area contributed by atoms with Crippen LogP contribution in [0.25, 0.3) is 0 Å². The number of hydrogen-bond acceptors (Lipinski definition) is 7. The predicted octanol–water partition coefficient (Wildman–Crippen LogP) is 4.60. The maximum absolute atomic E-state index is 13.6. The monoisotopic (exact) mass is 625 g/mol. The molecule has 0 radical (unpaired) electrons. The van der Waals surface area contributed by atoms with Gasteiger partial charge in [-0.15, -0.1) is 0 Å². The van der Waals surface area contributed by atoms with Gasteiger partial charge in [0.2, 0.25) is 0 Å². The molecule has 2 aliphatic heterocycles. The summed E-state index contributed by atoms with van der Waals surface area (Å²) in [5, 5.41) is 4.02. The molecule has 230 valence electrons. The number of nitrogens with one attached hydrogen (secondary N) is 2. The van der Waals surface area contributed by atoms with E-state index in [9.17, 15) is 13.2 Å². The standard InChI is InChI=1S/C33H40ClN3O5S/c1-41-29-5-3-15-35-31(21-6-7-21)32(38)36-43(39,40)25-10-13-30-28(17-25)37(18-23-8-11-26(23)29)19-33(20-42-30)14-2-4-22-16-24(34)9-12-27(22)33/h3,5,9-10,12-13,16-17,21,23,26,29,31,35H,2,4,6-8,11,14-15,18-20H2,1H3,(H,36,38)/b5-3-/t23-,26+,29+,31-,33-/m0/s1. The van der Waals surface area contributed by atoms with Gasteiger partial charge in [0, 0.05) is 37.2 Å². The second-order valence-corrected chi connectivity index (χ2v) is 15.2. The van der Waals surface area contributed by atoms with Gasteiger partial charge >= 0.3 is 0 Å². The van der Waals surface area contributed by atoms with E-state index in [2.05, 4.69) is 33.1 Å². The van der Waals surface area contributed by atoms with E-state index in [1.165, 1.54) is 11.1 Å². The van der Waals surface area contributed by atoms with Gasteiger partial charge in [0.25, 0.3) is 15.9 Å². The largest absolute Gasteiger partial charge is 0.490 e. The zero-order chi connectivity index (χ0) is 29.8. The Kier molecular flexibility index (Phi) is 7.73. The molecule has 43 heavy (non-hydrogen) atoms. The molecule has 7 rings (SSSR count). The third kappa shape index (κ3) is 5.58. The quantitative estimate of drug-likeness (QED) is 0.471. The van der Waals surface area contributed by atoms with Gasteiger partial charge in [0.05, 0.1) is 29.3 Å². The van der Waals surface area contributed by atoms with Crippen molar-refractivity contribution in [2.75, 3.05) is 38.3 Å². The Hall–Kier alpha value is -2.59. The van der Waals surface area contributed by atoms with Crippen molar-refractivity contribution in [1.29, 1.82) is 0 Å². The van der Waals surface area contributed by atoms with Crippen molar-refractivity contribution in [3.8, 4) is 5.75 Å². The van der Waals surface area contributed by atoms with Gasteiger partial charge in [0.15, 0.2) is 0 Å². The van der Waals surface area contributed by atoms with Crippen LogP contribution in [0.15, 0.2) is 53.4 Å². The summed E-state index contributed by atoms with van der Waals surface area (Å²) < 4.78 is 42.1. The number of aryl methyl sites for hydroxylation is 1. The minimum absolute atomic E-state index is 0.0254. The summed E-state index contributed by atoms with van der Waals surface area (Å²) in [6, 6.07) is 10.6. The van der Waals surface area contributed by atoms with E-state index in [1.54, 1.807) is 25.3 Å². The van der Waals surface area contributed by atoms with E-state index < -0.39 is 22.0 Å². The number of carbonyl (C=O) groups excluding carboxylic acids is 1.